The Morgan fingerprint density at radius 1 is 1.33 bits per heavy atom. The van der Waals surface area contributed by atoms with Gasteiger partial charge in [-0.2, -0.15) is 12.6 Å². The van der Waals surface area contributed by atoms with Gasteiger partial charge in [-0.05, 0) is 0 Å². The first-order chi connectivity index (χ1) is 6.88. The number of amides is 1. The number of carbonyl (C=O) groups excluding carboxylic acids is 1. The lowest BCUT2D eigenvalue weighted by atomic mass is 10.1. The largest absolute Gasteiger partial charge is 0.481 e. The number of carboxylic acid groups (broad SMARTS) is 2. The fourth-order valence-electron chi connectivity index (χ4n) is 0.772. The van der Waals surface area contributed by atoms with Gasteiger partial charge in [0.1, 0.15) is 6.04 Å². The summed E-state index contributed by atoms with van der Waals surface area (Å²) in [5, 5.41) is 19.2. The third kappa shape index (κ3) is 5.26. The normalized spacial score (nSPS) is 14.0. The first kappa shape index (κ1) is 13.8. The van der Waals surface area contributed by atoms with E-state index < -0.39 is 36.2 Å². The van der Waals surface area contributed by atoms with Crippen molar-refractivity contribution in [1.29, 1.82) is 0 Å². The maximum absolute atomic E-state index is 11.3. The molecule has 0 aromatic heterocycles. The van der Waals surface area contributed by atoms with Crippen LogP contribution in [0.3, 0.4) is 0 Å². The number of nitrogens with one attached hydrogen (secondary N) is 1. The molecule has 0 saturated carbocycles. The molecule has 1 amide bonds. The third-order valence-electron chi connectivity index (χ3n) is 1.71. The Hall–Kier alpha value is -1.24. The highest BCUT2D eigenvalue weighted by Crippen LogP contribution is 2.00. The summed E-state index contributed by atoms with van der Waals surface area (Å²) in [4.78, 5) is 32.1. The molecule has 0 aliphatic rings. The molecule has 0 saturated heterocycles. The molecule has 0 unspecified atom stereocenters. The summed E-state index contributed by atoms with van der Waals surface area (Å²) in [6.07, 6.45) is -0.639. The average Bonchev–Trinajstić information content (AvgIpc) is 2.14. The van der Waals surface area contributed by atoms with E-state index in [0.29, 0.717) is 0 Å². The molecule has 0 rings (SSSR count). The molecule has 0 aromatic carbocycles. The zero-order valence-corrected chi connectivity index (χ0v) is 9.03. The van der Waals surface area contributed by atoms with Crippen LogP contribution in [0.1, 0.15) is 13.3 Å². The maximum Gasteiger partial charge on any atom is 0.326 e. The molecule has 0 aliphatic heterocycles. The average molecular weight is 235 g/mol. The zero-order valence-electron chi connectivity index (χ0n) is 8.14. The zero-order chi connectivity index (χ0) is 12.0. The van der Waals surface area contributed by atoms with Crippen LogP contribution in [0.5, 0.6) is 0 Å². The number of hydrogen-bond donors (Lipinski definition) is 4. The summed E-state index contributed by atoms with van der Waals surface area (Å²) in [5.74, 6) is -3.34. The minimum Gasteiger partial charge on any atom is -0.481 e. The van der Waals surface area contributed by atoms with E-state index in [1.165, 1.54) is 0 Å². The minimum atomic E-state index is -1.39. The Labute approximate surface area is 92.1 Å². The van der Waals surface area contributed by atoms with Gasteiger partial charge in [-0.25, -0.2) is 4.79 Å². The van der Waals surface area contributed by atoms with Crippen molar-refractivity contribution in [3.8, 4) is 0 Å². The lowest BCUT2D eigenvalue weighted by Crippen LogP contribution is -2.44. The molecule has 7 heteroatoms. The molecule has 0 radical (unpaired) electrons. The van der Waals surface area contributed by atoms with Crippen molar-refractivity contribution >= 4 is 30.5 Å². The second kappa shape index (κ2) is 6.28. The Morgan fingerprint density at radius 3 is 2.20 bits per heavy atom. The van der Waals surface area contributed by atoms with E-state index in [0.717, 1.165) is 0 Å². The van der Waals surface area contributed by atoms with Gasteiger partial charge in [0.25, 0.3) is 0 Å². The number of aliphatic carboxylic acids is 2. The van der Waals surface area contributed by atoms with Crippen LogP contribution in [-0.4, -0.2) is 39.9 Å². The molecule has 0 spiro atoms. The third-order valence-corrected chi connectivity index (χ3v) is 2.26. The smallest absolute Gasteiger partial charge is 0.326 e. The fraction of sp³-hybridized carbons (Fsp3) is 0.625. The van der Waals surface area contributed by atoms with Gasteiger partial charge < -0.3 is 15.5 Å². The van der Waals surface area contributed by atoms with E-state index in [1.54, 1.807) is 6.92 Å². The Morgan fingerprint density at radius 2 is 1.87 bits per heavy atom. The fourth-order valence-corrected chi connectivity index (χ4v) is 0.937. The molecule has 2 atom stereocenters. The van der Waals surface area contributed by atoms with Crippen LogP contribution in [0.2, 0.25) is 0 Å². The molecule has 3 N–H and O–H groups in total. The van der Waals surface area contributed by atoms with Gasteiger partial charge in [0, 0.05) is 11.7 Å². The number of rotatable bonds is 6. The van der Waals surface area contributed by atoms with Gasteiger partial charge >= 0.3 is 11.9 Å². The predicted molar refractivity (Wildman–Crippen MR) is 54.8 cm³/mol. The maximum atomic E-state index is 11.3. The van der Waals surface area contributed by atoms with E-state index in [1.807, 2.05) is 0 Å². The first-order valence-corrected chi connectivity index (χ1v) is 4.87. The van der Waals surface area contributed by atoms with Crippen molar-refractivity contribution in [3.63, 3.8) is 0 Å². The van der Waals surface area contributed by atoms with Crippen molar-refractivity contribution in [3.05, 3.63) is 0 Å². The molecular weight excluding hydrogens is 222 g/mol. The number of carboxylic acids is 2. The highest BCUT2D eigenvalue weighted by Gasteiger charge is 2.24. The second-order valence-electron chi connectivity index (χ2n) is 3.08. The van der Waals surface area contributed by atoms with Crippen LogP contribution in [0.4, 0.5) is 0 Å². The highest BCUT2D eigenvalue weighted by molar-refractivity contribution is 7.80. The topological polar surface area (TPSA) is 104 Å². The van der Waals surface area contributed by atoms with Crippen molar-refractivity contribution < 1.29 is 24.6 Å². The number of thiol groups is 1. The minimum absolute atomic E-state index is 0.269. The van der Waals surface area contributed by atoms with Crippen LogP contribution in [0.15, 0.2) is 0 Å². The summed E-state index contributed by atoms with van der Waals surface area (Å²) in [7, 11) is 0. The SMILES string of the molecule is C[C@H](CS)C(=O)N[C@@H](CC(=O)O)C(=O)O. The lowest BCUT2D eigenvalue weighted by Gasteiger charge is -2.14. The molecule has 0 heterocycles. The molecule has 0 bridgehead atoms. The number of hydrogen-bond acceptors (Lipinski definition) is 4. The van der Waals surface area contributed by atoms with Gasteiger partial charge in [-0.3, -0.25) is 9.59 Å². The van der Waals surface area contributed by atoms with Crippen LogP contribution in [-0.2, 0) is 14.4 Å². The van der Waals surface area contributed by atoms with E-state index in [4.69, 9.17) is 10.2 Å². The molecule has 0 fully saturated rings. The van der Waals surface area contributed by atoms with E-state index in [2.05, 4.69) is 17.9 Å². The van der Waals surface area contributed by atoms with Crippen LogP contribution in [0, 0.1) is 5.92 Å². The summed E-state index contributed by atoms with van der Waals surface area (Å²) >= 11 is 3.87. The van der Waals surface area contributed by atoms with E-state index >= 15 is 0 Å². The molecule has 0 aromatic rings. The quantitative estimate of drug-likeness (QED) is 0.469. The summed E-state index contributed by atoms with van der Waals surface area (Å²) < 4.78 is 0. The van der Waals surface area contributed by atoms with Gasteiger partial charge in [-0.1, -0.05) is 6.92 Å². The Kier molecular flexibility index (Phi) is 5.76. The second-order valence-corrected chi connectivity index (χ2v) is 3.45. The number of carbonyl (C=O) groups is 3. The van der Waals surface area contributed by atoms with Gasteiger partial charge in [0.15, 0.2) is 0 Å². The molecule has 0 aliphatic carbocycles. The van der Waals surface area contributed by atoms with Gasteiger partial charge in [0.05, 0.1) is 6.42 Å². The lowest BCUT2D eigenvalue weighted by molar-refractivity contribution is -0.147. The Bertz CT molecular complexity index is 268. The molecular formula is C8H13NO5S. The molecule has 6 nitrogen and oxygen atoms in total. The summed E-state index contributed by atoms with van der Waals surface area (Å²) in [6.45, 7) is 1.57. The predicted octanol–water partition coefficient (Wildman–Crippen LogP) is -0.404. The highest BCUT2D eigenvalue weighted by atomic mass is 32.1. The first-order valence-electron chi connectivity index (χ1n) is 4.24. The summed E-state index contributed by atoms with van der Waals surface area (Å²) in [5.41, 5.74) is 0. The van der Waals surface area contributed by atoms with Crippen molar-refractivity contribution in [2.45, 2.75) is 19.4 Å². The van der Waals surface area contributed by atoms with Crippen LogP contribution in [0.25, 0.3) is 0 Å². The van der Waals surface area contributed by atoms with Crippen LogP contribution < -0.4 is 5.32 Å². The Balaban J connectivity index is 4.35. The molecule has 15 heavy (non-hydrogen) atoms. The van der Waals surface area contributed by atoms with Crippen molar-refractivity contribution in [2.75, 3.05) is 5.75 Å². The van der Waals surface area contributed by atoms with Crippen LogP contribution >= 0.6 is 12.6 Å². The van der Waals surface area contributed by atoms with E-state index in [-0.39, 0.29) is 5.75 Å². The van der Waals surface area contributed by atoms with Crippen molar-refractivity contribution in [2.24, 2.45) is 5.92 Å². The van der Waals surface area contributed by atoms with Gasteiger partial charge in [0.2, 0.25) is 5.91 Å². The standard InChI is InChI=1S/C8H13NO5S/c1-4(3-15)7(12)9-5(8(13)14)2-6(10)11/h4-5,15H,2-3H2,1H3,(H,9,12)(H,10,11)(H,13,14)/t4-,5+/m1/s1. The van der Waals surface area contributed by atoms with E-state index in [9.17, 15) is 14.4 Å². The van der Waals surface area contributed by atoms with Crippen molar-refractivity contribution in [1.82, 2.24) is 5.32 Å². The van der Waals surface area contributed by atoms with Gasteiger partial charge in [-0.15, -0.1) is 0 Å². The summed E-state index contributed by atoms with van der Waals surface area (Å²) in [6, 6.07) is -1.39. The monoisotopic (exact) mass is 235 g/mol. The molecule has 86 valence electrons.